The molecule has 0 bridgehead atoms. The Labute approximate surface area is 77.3 Å². The van der Waals surface area contributed by atoms with Gasteiger partial charge in [-0.1, -0.05) is 6.07 Å². The fourth-order valence-electron chi connectivity index (χ4n) is 1.84. The minimum Gasteiger partial charge on any atom is -0.211 e. The molecule has 0 saturated carbocycles. The number of isocyanates is 1. The molecule has 0 radical (unpaired) electrons. The van der Waals surface area contributed by atoms with E-state index >= 15 is 0 Å². The molecule has 2 heteroatoms. The summed E-state index contributed by atoms with van der Waals surface area (Å²) in [6, 6.07) is 5.96. The standard InChI is InChI=1S/C11H11NO/c13-8-12-11-6-5-9-3-1-2-4-10(9)7-11/h5-7H,1-4H2. The number of hydrogen-bond acceptors (Lipinski definition) is 2. The number of rotatable bonds is 1. The molecule has 0 saturated heterocycles. The van der Waals surface area contributed by atoms with Crippen LogP contribution in [0.25, 0.3) is 0 Å². The third-order valence-corrected chi connectivity index (χ3v) is 2.51. The van der Waals surface area contributed by atoms with Gasteiger partial charge in [-0.05, 0) is 48.9 Å². The van der Waals surface area contributed by atoms with Gasteiger partial charge in [-0.3, -0.25) is 0 Å². The lowest BCUT2D eigenvalue weighted by Gasteiger charge is -2.14. The Bertz CT molecular complexity index is 364. The summed E-state index contributed by atoms with van der Waals surface area (Å²) in [5.41, 5.74) is 3.49. The summed E-state index contributed by atoms with van der Waals surface area (Å²) in [6.45, 7) is 0. The lowest BCUT2D eigenvalue weighted by molar-refractivity contribution is 0.565. The Morgan fingerprint density at radius 2 is 1.92 bits per heavy atom. The van der Waals surface area contributed by atoms with Gasteiger partial charge in [0.25, 0.3) is 0 Å². The fourth-order valence-corrected chi connectivity index (χ4v) is 1.84. The first-order valence-electron chi connectivity index (χ1n) is 4.60. The molecule has 0 amide bonds. The molecule has 0 fully saturated rings. The SMILES string of the molecule is O=C=Nc1ccc2c(c1)CCCC2. The smallest absolute Gasteiger partial charge is 0.211 e. The Hall–Kier alpha value is -1.40. The summed E-state index contributed by atoms with van der Waals surface area (Å²) in [5, 5.41) is 0. The van der Waals surface area contributed by atoms with E-state index in [-0.39, 0.29) is 0 Å². The van der Waals surface area contributed by atoms with Crippen LogP contribution in [0.5, 0.6) is 0 Å². The minimum atomic E-state index is 0.732. The van der Waals surface area contributed by atoms with E-state index in [1.54, 1.807) is 6.08 Å². The molecule has 0 heterocycles. The molecular weight excluding hydrogens is 162 g/mol. The Morgan fingerprint density at radius 1 is 1.15 bits per heavy atom. The summed E-state index contributed by atoms with van der Waals surface area (Å²) in [4.78, 5) is 13.7. The molecule has 1 aromatic rings. The van der Waals surface area contributed by atoms with Gasteiger partial charge < -0.3 is 0 Å². The maximum Gasteiger partial charge on any atom is 0.240 e. The van der Waals surface area contributed by atoms with Crippen molar-refractivity contribution in [3.63, 3.8) is 0 Å². The molecule has 0 spiro atoms. The zero-order valence-corrected chi connectivity index (χ0v) is 7.42. The predicted octanol–water partition coefficient (Wildman–Crippen LogP) is 2.53. The summed E-state index contributed by atoms with van der Waals surface area (Å²) in [7, 11) is 0. The highest BCUT2D eigenvalue weighted by Crippen LogP contribution is 2.25. The van der Waals surface area contributed by atoms with E-state index in [1.165, 1.54) is 30.4 Å². The van der Waals surface area contributed by atoms with Gasteiger partial charge in [-0.15, -0.1) is 0 Å². The summed E-state index contributed by atoms with van der Waals surface area (Å²) < 4.78 is 0. The van der Waals surface area contributed by atoms with Crippen LogP contribution >= 0.6 is 0 Å². The van der Waals surface area contributed by atoms with Gasteiger partial charge in [0.05, 0.1) is 5.69 Å². The maximum atomic E-state index is 10.1. The normalized spacial score (nSPS) is 14.5. The van der Waals surface area contributed by atoms with Crippen molar-refractivity contribution in [3.05, 3.63) is 29.3 Å². The van der Waals surface area contributed by atoms with Crippen LogP contribution in [0.15, 0.2) is 23.2 Å². The van der Waals surface area contributed by atoms with Crippen LogP contribution in [0.4, 0.5) is 5.69 Å². The zero-order chi connectivity index (χ0) is 9.10. The molecule has 0 N–H and O–H groups in total. The molecule has 0 atom stereocenters. The van der Waals surface area contributed by atoms with Crippen molar-refractivity contribution >= 4 is 11.8 Å². The summed E-state index contributed by atoms with van der Waals surface area (Å²) in [5.74, 6) is 0. The minimum absolute atomic E-state index is 0.732. The number of carbonyl (C=O) groups excluding carboxylic acids is 1. The lowest BCUT2D eigenvalue weighted by Crippen LogP contribution is -2.01. The molecule has 2 nitrogen and oxygen atoms in total. The predicted molar refractivity (Wildman–Crippen MR) is 50.9 cm³/mol. The lowest BCUT2D eigenvalue weighted by atomic mass is 9.91. The molecule has 1 aliphatic carbocycles. The maximum absolute atomic E-state index is 10.1. The third-order valence-electron chi connectivity index (χ3n) is 2.51. The van der Waals surface area contributed by atoms with Crippen molar-refractivity contribution in [2.75, 3.05) is 0 Å². The van der Waals surface area contributed by atoms with Gasteiger partial charge in [0.1, 0.15) is 0 Å². The topological polar surface area (TPSA) is 29.4 Å². The van der Waals surface area contributed by atoms with Crippen molar-refractivity contribution in [1.29, 1.82) is 0 Å². The molecule has 1 aromatic carbocycles. The number of aryl methyl sites for hydroxylation is 2. The first-order valence-corrected chi connectivity index (χ1v) is 4.60. The van der Waals surface area contributed by atoms with Crippen LogP contribution in [0.1, 0.15) is 24.0 Å². The Morgan fingerprint density at radius 3 is 2.69 bits per heavy atom. The highest BCUT2D eigenvalue weighted by atomic mass is 16.1. The first-order chi connectivity index (χ1) is 6.40. The second-order valence-corrected chi connectivity index (χ2v) is 3.36. The van der Waals surface area contributed by atoms with Crippen molar-refractivity contribution < 1.29 is 4.79 Å². The average molecular weight is 173 g/mol. The molecule has 13 heavy (non-hydrogen) atoms. The van der Waals surface area contributed by atoms with E-state index in [2.05, 4.69) is 11.1 Å². The van der Waals surface area contributed by atoms with Gasteiger partial charge in [0.15, 0.2) is 0 Å². The summed E-state index contributed by atoms with van der Waals surface area (Å²) >= 11 is 0. The average Bonchev–Trinajstić information content (AvgIpc) is 2.18. The highest BCUT2D eigenvalue weighted by Gasteiger charge is 2.08. The zero-order valence-electron chi connectivity index (χ0n) is 7.42. The van der Waals surface area contributed by atoms with Gasteiger partial charge in [-0.2, -0.15) is 4.99 Å². The molecule has 0 aliphatic heterocycles. The van der Waals surface area contributed by atoms with Crippen LogP contribution < -0.4 is 0 Å². The van der Waals surface area contributed by atoms with Crippen LogP contribution in [0.3, 0.4) is 0 Å². The highest BCUT2D eigenvalue weighted by molar-refractivity contribution is 5.51. The van der Waals surface area contributed by atoms with Crippen molar-refractivity contribution in [1.82, 2.24) is 0 Å². The second-order valence-electron chi connectivity index (χ2n) is 3.36. The Balaban J connectivity index is 2.40. The number of fused-ring (bicyclic) bond motifs is 1. The molecule has 1 aliphatic rings. The van der Waals surface area contributed by atoms with Crippen LogP contribution in [0.2, 0.25) is 0 Å². The van der Waals surface area contributed by atoms with Crippen molar-refractivity contribution in [2.24, 2.45) is 4.99 Å². The molecule has 2 rings (SSSR count). The van der Waals surface area contributed by atoms with E-state index in [0.29, 0.717) is 0 Å². The largest absolute Gasteiger partial charge is 0.240 e. The van der Waals surface area contributed by atoms with E-state index in [9.17, 15) is 4.79 Å². The second kappa shape index (κ2) is 3.55. The third kappa shape index (κ3) is 1.68. The van der Waals surface area contributed by atoms with Crippen LogP contribution in [-0.4, -0.2) is 6.08 Å². The first kappa shape index (κ1) is 8.21. The van der Waals surface area contributed by atoms with E-state index in [4.69, 9.17) is 0 Å². The Kier molecular flexibility index (Phi) is 2.24. The van der Waals surface area contributed by atoms with Crippen LogP contribution in [0, 0.1) is 0 Å². The molecule has 66 valence electrons. The molecule has 0 aromatic heterocycles. The van der Waals surface area contributed by atoms with E-state index in [0.717, 1.165) is 12.1 Å². The monoisotopic (exact) mass is 173 g/mol. The van der Waals surface area contributed by atoms with E-state index < -0.39 is 0 Å². The number of nitrogens with zero attached hydrogens (tertiary/aromatic N) is 1. The van der Waals surface area contributed by atoms with Gasteiger partial charge >= 0.3 is 0 Å². The molecule has 0 unspecified atom stereocenters. The number of hydrogen-bond donors (Lipinski definition) is 0. The number of benzene rings is 1. The summed E-state index contributed by atoms with van der Waals surface area (Å²) in [6.07, 6.45) is 6.39. The van der Waals surface area contributed by atoms with Crippen molar-refractivity contribution in [3.8, 4) is 0 Å². The number of aliphatic imine (C=N–C) groups is 1. The van der Waals surface area contributed by atoms with Gasteiger partial charge in [-0.25, -0.2) is 4.79 Å². The van der Waals surface area contributed by atoms with Crippen LogP contribution in [-0.2, 0) is 17.6 Å². The fraction of sp³-hybridized carbons (Fsp3) is 0.364. The van der Waals surface area contributed by atoms with Crippen molar-refractivity contribution in [2.45, 2.75) is 25.7 Å². The van der Waals surface area contributed by atoms with Gasteiger partial charge in [0, 0.05) is 0 Å². The quantitative estimate of drug-likeness (QED) is 0.474. The van der Waals surface area contributed by atoms with Gasteiger partial charge in [0.2, 0.25) is 6.08 Å². The molecular formula is C11H11NO. The van der Waals surface area contributed by atoms with E-state index in [1.807, 2.05) is 12.1 Å².